The molecule has 0 aliphatic heterocycles. The predicted molar refractivity (Wildman–Crippen MR) is 75.5 cm³/mol. The van der Waals surface area contributed by atoms with E-state index in [0.717, 1.165) is 5.56 Å². The van der Waals surface area contributed by atoms with Gasteiger partial charge < -0.3 is 14.9 Å². The maximum absolute atomic E-state index is 12.8. The van der Waals surface area contributed by atoms with Gasteiger partial charge in [-0.2, -0.15) is 0 Å². The van der Waals surface area contributed by atoms with Crippen LogP contribution in [-0.2, 0) is 17.8 Å². The number of hydrogen-bond donors (Lipinski definition) is 2. The number of aliphatic carboxylic acids is 1. The standard InChI is InChI=1S/C16H13FO5/c17-12-3-1-10(2-4-12)9-22-13-5-6-14(16(20)21)11(7-13)8-15(18)19/h1-7H,8-9H2,(H,18,19)(H,20,21). The molecule has 0 aliphatic rings. The van der Waals surface area contributed by atoms with E-state index < -0.39 is 18.4 Å². The lowest BCUT2D eigenvalue weighted by Crippen LogP contribution is -2.08. The van der Waals surface area contributed by atoms with Gasteiger partial charge >= 0.3 is 11.9 Å². The Morgan fingerprint density at radius 3 is 2.32 bits per heavy atom. The van der Waals surface area contributed by atoms with Gasteiger partial charge in [0.25, 0.3) is 0 Å². The number of ether oxygens (including phenoxy) is 1. The van der Waals surface area contributed by atoms with Crippen LogP contribution in [0.2, 0.25) is 0 Å². The zero-order chi connectivity index (χ0) is 16.1. The first-order valence-corrected chi connectivity index (χ1v) is 6.41. The minimum Gasteiger partial charge on any atom is -0.489 e. The van der Waals surface area contributed by atoms with Crippen molar-refractivity contribution in [1.82, 2.24) is 0 Å². The van der Waals surface area contributed by atoms with E-state index in [4.69, 9.17) is 14.9 Å². The fourth-order valence-electron chi connectivity index (χ4n) is 1.92. The molecular formula is C16H13FO5. The summed E-state index contributed by atoms with van der Waals surface area (Å²) in [6.07, 6.45) is -0.407. The van der Waals surface area contributed by atoms with Gasteiger partial charge in [0.1, 0.15) is 18.2 Å². The van der Waals surface area contributed by atoms with Crippen LogP contribution in [-0.4, -0.2) is 22.2 Å². The lowest BCUT2D eigenvalue weighted by Gasteiger charge is -2.10. The summed E-state index contributed by atoms with van der Waals surface area (Å²) in [5.41, 5.74) is 0.830. The fraction of sp³-hybridized carbons (Fsp3) is 0.125. The van der Waals surface area contributed by atoms with Gasteiger partial charge in [0.05, 0.1) is 12.0 Å². The Balaban J connectivity index is 2.15. The second-order valence-corrected chi connectivity index (χ2v) is 4.61. The maximum atomic E-state index is 12.8. The number of halogens is 1. The lowest BCUT2D eigenvalue weighted by atomic mass is 10.0. The number of rotatable bonds is 6. The van der Waals surface area contributed by atoms with E-state index in [-0.39, 0.29) is 23.6 Å². The quantitative estimate of drug-likeness (QED) is 0.857. The molecule has 0 aromatic heterocycles. The second kappa shape index (κ2) is 6.71. The smallest absolute Gasteiger partial charge is 0.335 e. The van der Waals surface area contributed by atoms with Crippen LogP contribution in [0.5, 0.6) is 5.75 Å². The molecule has 5 nitrogen and oxygen atoms in total. The zero-order valence-corrected chi connectivity index (χ0v) is 11.5. The van der Waals surface area contributed by atoms with Crippen LogP contribution in [0.3, 0.4) is 0 Å². The van der Waals surface area contributed by atoms with Crippen LogP contribution in [0.1, 0.15) is 21.5 Å². The summed E-state index contributed by atoms with van der Waals surface area (Å²) in [6.45, 7) is 0.166. The molecule has 2 aromatic carbocycles. The van der Waals surface area contributed by atoms with Gasteiger partial charge in [0, 0.05) is 0 Å². The Morgan fingerprint density at radius 1 is 1.05 bits per heavy atom. The monoisotopic (exact) mass is 304 g/mol. The molecule has 0 aliphatic carbocycles. The van der Waals surface area contributed by atoms with Crippen molar-refractivity contribution < 1.29 is 28.9 Å². The Kier molecular flexibility index (Phi) is 4.73. The molecule has 0 fully saturated rings. The van der Waals surface area contributed by atoms with Crippen LogP contribution in [0, 0.1) is 5.82 Å². The third-order valence-corrected chi connectivity index (χ3v) is 2.97. The molecule has 2 rings (SSSR count). The van der Waals surface area contributed by atoms with Gasteiger partial charge in [0.15, 0.2) is 0 Å². The molecule has 0 saturated heterocycles. The van der Waals surface area contributed by atoms with Crippen molar-refractivity contribution in [3.8, 4) is 5.75 Å². The van der Waals surface area contributed by atoms with E-state index in [2.05, 4.69) is 0 Å². The first-order valence-electron chi connectivity index (χ1n) is 6.41. The average molecular weight is 304 g/mol. The largest absolute Gasteiger partial charge is 0.489 e. The number of benzene rings is 2. The summed E-state index contributed by atoms with van der Waals surface area (Å²) < 4.78 is 18.3. The molecule has 0 heterocycles. The van der Waals surface area contributed by atoms with E-state index in [9.17, 15) is 14.0 Å². The molecule has 0 saturated carbocycles. The fourth-order valence-corrected chi connectivity index (χ4v) is 1.92. The first-order chi connectivity index (χ1) is 10.5. The van der Waals surface area contributed by atoms with E-state index in [1.165, 1.54) is 30.3 Å². The number of carboxylic acids is 2. The van der Waals surface area contributed by atoms with Crippen molar-refractivity contribution in [2.75, 3.05) is 0 Å². The summed E-state index contributed by atoms with van der Waals surface area (Å²) >= 11 is 0. The molecule has 114 valence electrons. The highest BCUT2D eigenvalue weighted by molar-refractivity contribution is 5.91. The van der Waals surface area contributed by atoms with Gasteiger partial charge in [-0.25, -0.2) is 9.18 Å². The molecule has 0 spiro atoms. The minimum atomic E-state index is -1.19. The van der Waals surface area contributed by atoms with Crippen molar-refractivity contribution in [3.05, 3.63) is 65.0 Å². The molecule has 0 amide bonds. The van der Waals surface area contributed by atoms with E-state index >= 15 is 0 Å². The van der Waals surface area contributed by atoms with Crippen LogP contribution in [0.25, 0.3) is 0 Å². The van der Waals surface area contributed by atoms with Crippen molar-refractivity contribution in [1.29, 1.82) is 0 Å². The number of carboxylic acid groups (broad SMARTS) is 2. The van der Waals surface area contributed by atoms with Gasteiger partial charge in [-0.05, 0) is 41.5 Å². The third kappa shape index (κ3) is 4.05. The van der Waals surface area contributed by atoms with Gasteiger partial charge in [-0.1, -0.05) is 12.1 Å². The van der Waals surface area contributed by atoms with Crippen molar-refractivity contribution in [3.63, 3.8) is 0 Å². The Bertz CT molecular complexity index is 694. The topological polar surface area (TPSA) is 83.8 Å². The molecule has 0 unspecified atom stereocenters. The van der Waals surface area contributed by atoms with E-state index in [0.29, 0.717) is 5.75 Å². The normalized spacial score (nSPS) is 10.2. The van der Waals surface area contributed by atoms with E-state index in [1.54, 1.807) is 12.1 Å². The zero-order valence-electron chi connectivity index (χ0n) is 11.5. The van der Waals surface area contributed by atoms with Crippen molar-refractivity contribution in [2.45, 2.75) is 13.0 Å². The average Bonchev–Trinajstić information content (AvgIpc) is 2.46. The summed E-state index contributed by atoms with van der Waals surface area (Å²) in [7, 11) is 0. The molecule has 0 bridgehead atoms. The van der Waals surface area contributed by atoms with Gasteiger partial charge in [-0.3, -0.25) is 4.79 Å². The van der Waals surface area contributed by atoms with Crippen molar-refractivity contribution >= 4 is 11.9 Å². The summed E-state index contributed by atoms with van der Waals surface area (Å²) in [6, 6.07) is 9.91. The number of hydrogen-bond acceptors (Lipinski definition) is 3. The highest BCUT2D eigenvalue weighted by atomic mass is 19.1. The van der Waals surface area contributed by atoms with E-state index in [1.807, 2.05) is 0 Å². The molecular weight excluding hydrogens is 291 g/mol. The Labute approximate surface area is 125 Å². The van der Waals surface area contributed by atoms with Crippen LogP contribution in [0.4, 0.5) is 4.39 Å². The maximum Gasteiger partial charge on any atom is 0.335 e. The van der Waals surface area contributed by atoms with Crippen LogP contribution < -0.4 is 4.74 Å². The summed E-state index contributed by atoms with van der Waals surface area (Å²) in [4.78, 5) is 21.9. The predicted octanol–water partition coefficient (Wildman–Crippen LogP) is 2.73. The minimum absolute atomic E-state index is 0.0727. The third-order valence-electron chi connectivity index (χ3n) is 2.97. The van der Waals surface area contributed by atoms with Gasteiger partial charge in [0.2, 0.25) is 0 Å². The Hall–Kier alpha value is -2.89. The van der Waals surface area contributed by atoms with Crippen molar-refractivity contribution in [2.24, 2.45) is 0 Å². The highest BCUT2D eigenvalue weighted by Crippen LogP contribution is 2.20. The second-order valence-electron chi connectivity index (χ2n) is 4.61. The summed E-state index contributed by atoms with van der Waals surface area (Å²) in [5.74, 6) is -2.32. The van der Waals surface area contributed by atoms with Crippen LogP contribution >= 0.6 is 0 Å². The Morgan fingerprint density at radius 2 is 1.73 bits per heavy atom. The highest BCUT2D eigenvalue weighted by Gasteiger charge is 2.14. The molecule has 2 aromatic rings. The molecule has 6 heteroatoms. The molecule has 0 radical (unpaired) electrons. The first kappa shape index (κ1) is 15.5. The summed E-state index contributed by atoms with van der Waals surface area (Å²) in [5, 5.41) is 17.9. The number of aromatic carboxylic acids is 1. The van der Waals surface area contributed by atoms with Crippen LogP contribution in [0.15, 0.2) is 42.5 Å². The van der Waals surface area contributed by atoms with Gasteiger partial charge in [-0.15, -0.1) is 0 Å². The molecule has 0 atom stereocenters. The SMILES string of the molecule is O=C(O)Cc1cc(OCc2ccc(F)cc2)ccc1C(=O)O. The lowest BCUT2D eigenvalue weighted by molar-refractivity contribution is -0.136. The number of carbonyl (C=O) groups is 2. The molecule has 22 heavy (non-hydrogen) atoms. The molecule has 2 N–H and O–H groups in total.